The predicted molar refractivity (Wildman–Crippen MR) is 104 cm³/mol. The molecule has 1 aromatic heterocycles. The van der Waals surface area contributed by atoms with Crippen molar-refractivity contribution in [2.45, 2.75) is 83.7 Å². The number of piperidine rings is 1. The van der Waals surface area contributed by atoms with Crippen LogP contribution in [0.3, 0.4) is 0 Å². The van der Waals surface area contributed by atoms with Gasteiger partial charge in [-0.3, -0.25) is 4.68 Å². The highest BCUT2D eigenvalue weighted by molar-refractivity contribution is 6.62. The van der Waals surface area contributed by atoms with Crippen molar-refractivity contribution >= 4 is 18.7 Å². The number of rotatable bonds is 2. The fourth-order valence-corrected chi connectivity index (χ4v) is 3.36. The first-order chi connectivity index (χ1) is 13.1. The quantitative estimate of drug-likeness (QED) is 0.698. The van der Waals surface area contributed by atoms with Crippen molar-refractivity contribution < 1.29 is 27.6 Å². The summed E-state index contributed by atoms with van der Waals surface area (Å²) < 4.78 is 48.1. The predicted octanol–water partition coefficient (Wildman–Crippen LogP) is 3.00. The minimum atomic E-state index is -3.14. The highest BCUT2D eigenvalue weighted by Crippen LogP contribution is 2.38. The van der Waals surface area contributed by atoms with Crippen LogP contribution in [0.2, 0.25) is 0 Å². The van der Waals surface area contributed by atoms with Crippen LogP contribution in [0.25, 0.3) is 0 Å². The molecular formula is C19H30BF2N3O4. The van der Waals surface area contributed by atoms with E-state index in [2.05, 4.69) is 5.10 Å². The first-order valence-electron chi connectivity index (χ1n) is 9.87. The number of likely N-dealkylation sites (tertiary alicyclic amines) is 1. The van der Waals surface area contributed by atoms with E-state index in [9.17, 15) is 13.6 Å². The monoisotopic (exact) mass is 413 g/mol. The number of nitrogens with zero attached hydrogens (tertiary/aromatic N) is 3. The van der Waals surface area contributed by atoms with Gasteiger partial charge in [0.2, 0.25) is 0 Å². The Morgan fingerprint density at radius 1 is 1.24 bits per heavy atom. The molecule has 0 saturated carbocycles. The molecule has 2 aliphatic rings. The molecule has 2 saturated heterocycles. The van der Waals surface area contributed by atoms with Crippen LogP contribution < -0.4 is 5.46 Å². The van der Waals surface area contributed by atoms with Gasteiger partial charge in [-0.15, -0.1) is 0 Å². The summed E-state index contributed by atoms with van der Waals surface area (Å²) in [7, 11) is -0.663. The number of aromatic nitrogens is 2. The van der Waals surface area contributed by atoms with Gasteiger partial charge in [-0.1, -0.05) is 0 Å². The molecule has 0 spiro atoms. The fourth-order valence-electron chi connectivity index (χ4n) is 3.36. The molecule has 2 aliphatic heterocycles. The highest BCUT2D eigenvalue weighted by atomic mass is 19.3. The second-order valence-corrected chi connectivity index (χ2v) is 9.81. The van der Waals surface area contributed by atoms with Gasteiger partial charge in [-0.2, -0.15) is 5.10 Å². The van der Waals surface area contributed by atoms with Crippen LogP contribution in [-0.2, 0) is 14.0 Å². The number of carbonyl (C=O) groups is 1. The molecule has 1 aromatic rings. The first kappa shape index (κ1) is 22.0. The molecule has 1 unspecified atom stereocenters. The standard InChI is InChI=1S/C19H30BF2N3O4/c1-16(2,3)27-15(26)24-9-8-14(19(21,22)12-24)25-11-13(10-23-25)20-28-17(4,5)18(6,7)29-20/h10-11,14H,8-9,12H2,1-7H3. The van der Waals surface area contributed by atoms with Crippen molar-refractivity contribution in [3.8, 4) is 0 Å². The van der Waals surface area contributed by atoms with Crippen LogP contribution in [0.5, 0.6) is 0 Å². The molecular weight excluding hydrogens is 383 g/mol. The van der Waals surface area contributed by atoms with Crippen molar-refractivity contribution in [2.24, 2.45) is 0 Å². The zero-order chi connectivity index (χ0) is 21.8. The van der Waals surface area contributed by atoms with Crippen molar-refractivity contribution in [3.05, 3.63) is 12.4 Å². The molecule has 0 aromatic carbocycles. The normalized spacial score (nSPS) is 25.9. The number of halogens is 2. The Morgan fingerprint density at radius 3 is 2.34 bits per heavy atom. The first-order valence-corrected chi connectivity index (χ1v) is 9.87. The van der Waals surface area contributed by atoms with Gasteiger partial charge in [0, 0.05) is 24.4 Å². The molecule has 0 N–H and O–H groups in total. The van der Waals surface area contributed by atoms with E-state index in [0.717, 1.165) is 4.90 Å². The van der Waals surface area contributed by atoms with Crippen molar-refractivity contribution in [3.63, 3.8) is 0 Å². The van der Waals surface area contributed by atoms with Crippen LogP contribution in [0.15, 0.2) is 12.4 Å². The minimum absolute atomic E-state index is 0.0662. The number of amides is 1. The molecule has 29 heavy (non-hydrogen) atoms. The Bertz CT molecular complexity index is 760. The van der Waals surface area contributed by atoms with E-state index in [1.807, 2.05) is 27.7 Å². The van der Waals surface area contributed by atoms with E-state index in [4.69, 9.17) is 14.0 Å². The SMILES string of the molecule is CC(C)(C)OC(=O)N1CCC(n2cc(B3OC(C)(C)C(C)(C)O3)cn2)C(F)(F)C1. The molecule has 1 atom stereocenters. The van der Waals surface area contributed by atoms with E-state index in [1.54, 1.807) is 27.0 Å². The van der Waals surface area contributed by atoms with Crippen LogP contribution in [0, 0.1) is 0 Å². The molecule has 0 aliphatic carbocycles. The Labute approximate surface area is 170 Å². The number of ether oxygens (including phenoxy) is 1. The molecule has 2 fully saturated rings. The lowest BCUT2D eigenvalue weighted by Crippen LogP contribution is -2.52. The molecule has 0 radical (unpaired) electrons. The molecule has 3 rings (SSSR count). The number of hydrogen-bond donors (Lipinski definition) is 0. The number of hydrogen-bond acceptors (Lipinski definition) is 5. The zero-order valence-electron chi connectivity index (χ0n) is 18.2. The highest BCUT2D eigenvalue weighted by Gasteiger charge is 2.53. The van der Waals surface area contributed by atoms with Crippen LogP contribution in [0.1, 0.15) is 60.9 Å². The average molecular weight is 413 g/mol. The lowest BCUT2D eigenvalue weighted by Gasteiger charge is -2.38. The summed E-state index contributed by atoms with van der Waals surface area (Å²) in [5, 5.41) is 4.15. The maximum absolute atomic E-state index is 14.9. The van der Waals surface area contributed by atoms with Gasteiger partial charge in [-0.05, 0) is 54.9 Å². The van der Waals surface area contributed by atoms with E-state index < -0.39 is 48.5 Å². The third-order valence-corrected chi connectivity index (χ3v) is 5.68. The summed E-state index contributed by atoms with van der Waals surface area (Å²) in [4.78, 5) is 13.2. The summed E-state index contributed by atoms with van der Waals surface area (Å²) in [5.41, 5.74) is -1.19. The maximum Gasteiger partial charge on any atom is 0.498 e. The molecule has 0 bridgehead atoms. The third-order valence-electron chi connectivity index (χ3n) is 5.68. The number of alkyl halides is 2. The van der Waals surface area contributed by atoms with Crippen molar-refractivity contribution in [2.75, 3.05) is 13.1 Å². The van der Waals surface area contributed by atoms with Gasteiger partial charge in [0.1, 0.15) is 11.6 Å². The fraction of sp³-hybridized carbons (Fsp3) is 0.789. The largest absolute Gasteiger partial charge is 0.498 e. The van der Waals surface area contributed by atoms with Gasteiger partial charge < -0.3 is 18.9 Å². The van der Waals surface area contributed by atoms with Crippen LogP contribution >= 0.6 is 0 Å². The van der Waals surface area contributed by atoms with Crippen molar-refractivity contribution in [1.82, 2.24) is 14.7 Å². The summed E-state index contributed by atoms with van der Waals surface area (Å²) in [6.07, 6.45) is 2.38. The van der Waals surface area contributed by atoms with Crippen LogP contribution in [-0.4, -0.2) is 63.7 Å². The number of carbonyl (C=O) groups excluding carboxylic acids is 1. The van der Waals surface area contributed by atoms with E-state index in [-0.39, 0.29) is 13.0 Å². The summed E-state index contributed by atoms with van der Waals surface area (Å²) >= 11 is 0. The van der Waals surface area contributed by atoms with Gasteiger partial charge in [0.15, 0.2) is 0 Å². The summed E-state index contributed by atoms with van der Waals surface area (Å²) in [6.45, 7) is 12.3. The molecule has 3 heterocycles. The van der Waals surface area contributed by atoms with Crippen LogP contribution in [0.4, 0.5) is 13.6 Å². The molecule has 162 valence electrons. The van der Waals surface area contributed by atoms with Gasteiger partial charge in [0.05, 0.1) is 17.7 Å². The molecule has 7 nitrogen and oxygen atoms in total. The summed E-state index contributed by atoms with van der Waals surface area (Å²) in [5.74, 6) is -3.14. The van der Waals surface area contributed by atoms with E-state index in [0.29, 0.717) is 5.46 Å². The average Bonchev–Trinajstić information content (AvgIpc) is 3.07. The Morgan fingerprint density at radius 2 is 1.83 bits per heavy atom. The third kappa shape index (κ3) is 4.43. The Balaban J connectivity index is 1.71. The van der Waals surface area contributed by atoms with Gasteiger partial charge in [-0.25, -0.2) is 13.6 Å². The van der Waals surface area contributed by atoms with Gasteiger partial charge in [0.25, 0.3) is 5.92 Å². The molecule has 1 amide bonds. The topological polar surface area (TPSA) is 65.8 Å². The van der Waals surface area contributed by atoms with Crippen molar-refractivity contribution in [1.29, 1.82) is 0 Å². The Kier molecular flexibility index (Phi) is 5.27. The summed E-state index contributed by atoms with van der Waals surface area (Å²) in [6, 6.07) is -1.16. The van der Waals surface area contributed by atoms with E-state index >= 15 is 0 Å². The second kappa shape index (κ2) is 6.94. The maximum atomic E-state index is 14.9. The van der Waals surface area contributed by atoms with E-state index in [1.165, 1.54) is 10.9 Å². The lowest BCUT2D eigenvalue weighted by atomic mass is 9.82. The Hall–Kier alpha value is -1.68. The second-order valence-electron chi connectivity index (χ2n) is 9.81. The molecule has 10 heteroatoms. The minimum Gasteiger partial charge on any atom is -0.444 e. The smallest absolute Gasteiger partial charge is 0.444 e. The lowest BCUT2D eigenvalue weighted by molar-refractivity contribution is -0.106. The van der Waals surface area contributed by atoms with Gasteiger partial charge >= 0.3 is 13.2 Å². The zero-order valence-corrected chi connectivity index (χ0v) is 18.2.